The topological polar surface area (TPSA) is 79.5 Å². The summed E-state index contributed by atoms with van der Waals surface area (Å²) in [7, 11) is 0. The quantitative estimate of drug-likeness (QED) is 0.886. The smallest absolute Gasteiger partial charge is 0.305 e. The number of aryl methyl sites for hydroxylation is 2. The lowest BCUT2D eigenvalue weighted by molar-refractivity contribution is -0.137. The molecule has 1 aromatic heterocycles. The van der Waals surface area contributed by atoms with Crippen molar-refractivity contribution < 1.29 is 19.1 Å². The van der Waals surface area contributed by atoms with Crippen molar-refractivity contribution in [2.24, 2.45) is 0 Å². The van der Waals surface area contributed by atoms with Gasteiger partial charge >= 0.3 is 5.97 Å². The second-order valence-electron chi connectivity index (χ2n) is 4.86. The molecule has 0 fully saturated rings. The maximum Gasteiger partial charge on any atom is 0.305 e. The summed E-state index contributed by atoms with van der Waals surface area (Å²) in [5.74, 6) is -0.136. The molecule has 0 saturated carbocycles. The highest BCUT2D eigenvalue weighted by Gasteiger charge is 2.21. The average molecular weight is 287 g/mol. The molecule has 0 aliphatic heterocycles. The van der Waals surface area contributed by atoms with Gasteiger partial charge in [-0.2, -0.15) is 0 Å². The number of carboxylic acids is 1. The van der Waals surface area contributed by atoms with Crippen LogP contribution in [0.1, 0.15) is 39.9 Å². The number of amides is 1. The van der Waals surface area contributed by atoms with Crippen LogP contribution in [0.2, 0.25) is 0 Å². The van der Waals surface area contributed by atoms with Gasteiger partial charge in [0, 0.05) is 0 Å². The van der Waals surface area contributed by atoms with Crippen LogP contribution in [0.15, 0.2) is 40.8 Å². The highest BCUT2D eigenvalue weighted by molar-refractivity contribution is 5.95. The molecule has 2 rings (SSSR count). The molecule has 1 atom stereocenters. The minimum Gasteiger partial charge on any atom is -0.481 e. The van der Waals surface area contributed by atoms with Gasteiger partial charge in [0.2, 0.25) is 0 Å². The molecule has 1 aromatic carbocycles. The Morgan fingerprint density at radius 2 is 1.90 bits per heavy atom. The SMILES string of the molecule is Cc1cc(C(=O)N[C@H](CC(=O)O)c2ccccc2)c(C)o1. The number of carbonyl (C=O) groups is 2. The summed E-state index contributed by atoms with van der Waals surface area (Å²) in [6.07, 6.45) is -0.175. The number of nitrogens with one attached hydrogen (secondary N) is 1. The van der Waals surface area contributed by atoms with E-state index in [1.54, 1.807) is 32.0 Å². The van der Waals surface area contributed by atoms with Crippen LogP contribution in [-0.4, -0.2) is 17.0 Å². The summed E-state index contributed by atoms with van der Waals surface area (Å²) >= 11 is 0. The molecule has 5 heteroatoms. The van der Waals surface area contributed by atoms with E-state index in [9.17, 15) is 9.59 Å². The number of furan rings is 1. The Hall–Kier alpha value is -2.56. The van der Waals surface area contributed by atoms with E-state index in [0.29, 0.717) is 17.1 Å². The van der Waals surface area contributed by atoms with Crippen LogP contribution in [-0.2, 0) is 4.79 Å². The van der Waals surface area contributed by atoms with Crippen LogP contribution in [0.4, 0.5) is 0 Å². The van der Waals surface area contributed by atoms with Crippen molar-refractivity contribution in [3.05, 3.63) is 59.0 Å². The molecule has 2 N–H and O–H groups in total. The molecule has 1 amide bonds. The second-order valence-corrected chi connectivity index (χ2v) is 4.86. The predicted molar refractivity (Wildman–Crippen MR) is 77.1 cm³/mol. The van der Waals surface area contributed by atoms with Crippen LogP contribution in [0.25, 0.3) is 0 Å². The Kier molecular flexibility index (Phi) is 4.42. The Morgan fingerprint density at radius 3 is 2.43 bits per heavy atom. The lowest BCUT2D eigenvalue weighted by Crippen LogP contribution is -2.30. The lowest BCUT2D eigenvalue weighted by Gasteiger charge is -2.17. The standard InChI is InChI=1S/C16H17NO4/c1-10-8-13(11(2)21-10)16(20)17-14(9-15(18)19)12-6-4-3-5-7-12/h3-8,14H,9H2,1-2H3,(H,17,20)(H,18,19)/t14-/m1/s1. The molecule has 0 aliphatic rings. The fraction of sp³-hybridized carbons (Fsp3) is 0.250. The van der Waals surface area contributed by atoms with E-state index in [1.807, 2.05) is 18.2 Å². The summed E-state index contributed by atoms with van der Waals surface area (Å²) in [5.41, 5.74) is 1.19. The van der Waals surface area contributed by atoms with Gasteiger partial charge in [0.25, 0.3) is 5.91 Å². The van der Waals surface area contributed by atoms with Crippen molar-refractivity contribution in [3.8, 4) is 0 Å². The van der Waals surface area contributed by atoms with Crippen molar-refractivity contribution in [2.75, 3.05) is 0 Å². The van der Waals surface area contributed by atoms with Gasteiger partial charge in [0.05, 0.1) is 18.0 Å². The van der Waals surface area contributed by atoms with Gasteiger partial charge in [-0.05, 0) is 25.5 Å². The Labute approximate surface area is 122 Å². The Morgan fingerprint density at radius 1 is 1.24 bits per heavy atom. The van der Waals surface area contributed by atoms with Gasteiger partial charge in [-0.25, -0.2) is 0 Å². The summed E-state index contributed by atoms with van der Waals surface area (Å²) in [4.78, 5) is 23.3. The molecular formula is C16H17NO4. The first-order valence-corrected chi connectivity index (χ1v) is 6.62. The third kappa shape index (κ3) is 3.72. The monoisotopic (exact) mass is 287 g/mol. The van der Waals surface area contributed by atoms with Crippen LogP contribution < -0.4 is 5.32 Å². The number of rotatable bonds is 5. The van der Waals surface area contributed by atoms with Crippen molar-refractivity contribution >= 4 is 11.9 Å². The molecule has 1 heterocycles. The second kappa shape index (κ2) is 6.26. The van der Waals surface area contributed by atoms with Crippen LogP contribution in [0.3, 0.4) is 0 Å². The first kappa shape index (κ1) is 14.8. The summed E-state index contributed by atoms with van der Waals surface area (Å²) in [6, 6.07) is 10.1. The summed E-state index contributed by atoms with van der Waals surface area (Å²) in [6.45, 7) is 3.46. The number of aliphatic carboxylic acids is 1. The van der Waals surface area contributed by atoms with Gasteiger partial charge in [0.15, 0.2) is 0 Å². The van der Waals surface area contributed by atoms with Gasteiger partial charge in [-0.1, -0.05) is 30.3 Å². The molecule has 0 spiro atoms. The van der Waals surface area contributed by atoms with E-state index in [2.05, 4.69) is 5.32 Å². The maximum absolute atomic E-state index is 12.3. The molecule has 21 heavy (non-hydrogen) atoms. The predicted octanol–water partition coefficient (Wildman–Crippen LogP) is 2.84. The molecule has 0 unspecified atom stereocenters. The summed E-state index contributed by atoms with van der Waals surface area (Å²) in [5, 5.41) is 11.8. The van der Waals surface area contributed by atoms with E-state index in [4.69, 9.17) is 9.52 Å². The van der Waals surface area contributed by atoms with Gasteiger partial charge in [-0.15, -0.1) is 0 Å². The van der Waals surface area contributed by atoms with Crippen molar-refractivity contribution in [1.29, 1.82) is 0 Å². The van der Waals surface area contributed by atoms with E-state index in [1.165, 1.54) is 0 Å². The van der Waals surface area contributed by atoms with Crippen molar-refractivity contribution in [2.45, 2.75) is 26.3 Å². The minimum atomic E-state index is -0.968. The normalized spacial score (nSPS) is 11.9. The molecule has 0 radical (unpaired) electrons. The van der Waals surface area contributed by atoms with E-state index >= 15 is 0 Å². The first-order valence-electron chi connectivity index (χ1n) is 6.62. The average Bonchev–Trinajstić information content (AvgIpc) is 2.77. The number of carbonyl (C=O) groups excluding carboxylic acids is 1. The van der Waals surface area contributed by atoms with Crippen molar-refractivity contribution in [1.82, 2.24) is 5.32 Å². The highest BCUT2D eigenvalue weighted by Crippen LogP contribution is 2.19. The number of hydrogen-bond acceptors (Lipinski definition) is 3. The fourth-order valence-electron chi connectivity index (χ4n) is 2.20. The van der Waals surface area contributed by atoms with E-state index < -0.39 is 12.0 Å². The third-order valence-electron chi connectivity index (χ3n) is 3.17. The first-order chi connectivity index (χ1) is 9.97. The van der Waals surface area contributed by atoms with E-state index in [-0.39, 0.29) is 12.3 Å². The molecule has 5 nitrogen and oxygen atoms in total. The van der Waals surface area contributed by atoms with Crippen LogP contribution >= 0.6 is 0 Å². The Bertz CT molecular complexity index is 646. The van der Waals surface area contributed by atoms with Gasteiger partial charge in [0.1, 0.15) is 11.5 Å². The zero-order chi connectivity index (χ0) is 15.4. The zero-order valence-corrected chi connectivity index (χ0v) is 11.9. The number of hydrogen-bond donors (Lipinski definition) is 2. The molecule has 2 aromatic rings. The van der Waals surface area contributed by atoms with Crippen LogP contribution in [0, 0.1) is 13.8 Å². The Balaban J connectivity index is 2.21. The molecular weight excluding hydrogens is 270 g/mol. The minimum absolute atomic E-state index is 0.175. The molecule has 0 bridgehead atoms. The fourth-order valence-corrected chi connectivity index (χ4v) is 2.20. The molecule has 0 aliphatic carbocycles. The van der Waals surface area contributed by atoms with Gasteiger partial charge in [-0.3, -0.25) is 9.59 Å². The van der Waals surface area contributed by atoms with E-state index in [0.717, 1.165) is 5.56 Å². The molecule has 110 valence electrons. The number of carboxylic acid groups (broad SMARTS) is 1. The molecule has 0 saturated heterocycles. The lowest BCUT2D eigenvalue weighted by atomic mass is 10.0. The van der Waals surface area contributed by atoms with Crippen molar-refractivity contribution in [3.63, 3.8) is 0 Å². The maximum atomic E-state index is 12.3. The summed E-state index contributed by atoms with van der Waals surface area (Å²) < 4.78 is 5.33. The zero-order valence-electron chi connectivity index (χ0n) is 11.9. The largest absolute Gasteiger partial charge is 0.481 e. The van der Waals surface area contributed by atoms with Crippen LogP contribution in [0.5, 0.6) is 0 Å². The number of benzene rings is 1. The highest BCUT2D eigenvalue weighted by atomic mass is 16.4. The van der Waals surface area contributed by atoms with Gasteiger partial charge < -0.3 is 14.8 Å². The third-order valence-corrected chi connectivity index (χ3v) is 3.17.